The van der Waals surface area contributed by atoms with Crippen molar-refractivity contribution in [2.75, 3.05) is 10.7 Å². The van der Waals surface area contributed by atoms with Gasteiger partial charge in [-0.2, -0.15) is 5.10 Å². The molecule has 31 heavy (non-hydrogen) atoms. The minimum absolute atomic E-state index is 0.197. The molecule has 0 aliphatic rings. The van der Waals surface area contributed by atoms with Crippen LogP contribution in [0.3, 0.4) is 0 Å². The van der Waals surface area contributed by atoms with Gasteiger partial charge in [-0.25, -0.2) is 10.8 Å². The molecule has 0 amide bonds. The van der Waals surface area contributed by atoms with Crippen LogP contribution >= 0.6 is 34.8 Å². The highest BCUT2D eigenvalue weighted by atomic mass is 35.5. The van der Waals surface area contributed by atoms with E-state index >= 15 is 0 Å². The van der Waals surface area contributed by atoms with Gasteiger partial charge in [0.15, 0.2) is 11.4 Å². The first-order chi connectivity index (χ1) is 14.9. The topological polar surface area (TPSA) is 132 Å². The molecule has 0 radical (unpaired) electrons. The lowest BCUT2D eigenvalue weighted by atomic mass is 10.2. The summed E-state index contributed by atoms with van der Waals surface area (Å²) in [6, 6.07) is 10.3. The fourth-order valence-electron chi connectivity index (χ4n) is 3.15. The summed E-state index contributed by atoms with van der Waals surface area (Å²) in [5.41, 5.74) is 14.9. The molecule has 0 spiro atoms. The number of rotatable bonds is 6. The number of ether oxygens (including phenoxy) is 1. The summed E-state index contributed by atoms with van der Waals surface area (Å²) < 4.78 is 5.95. The number of hydrogen-bond acceptors (Lipinski definition) is 7. The monoisotopic (exact) mass is 477 g/mol. The zero-order valence-electron chi connectivity index (χ0n) is 16.1. The maximum Gasteiger partial charge on any atom is 0.181 e. The smallest absolute Gasteiger partial charge is 0.181 e. The molecule has 0 aliphatic heterocycles. The largest absolute Gasteiger partial charge is 0.452 e. The van der Waals surface area contributed by atoms with Crippen LogP contribution in [0.2, 0.25) is 15.1 Å². The van der Waals surface area contributed by atoms with Crippen molar-refractivity contribution in [1.82, 2.24) is 15.2 Å². The first-order valence-corrected chi connectivity index (χ1v) is 10.3. The van der Waals surface area contributed by atoms with Crippen molar-refractivity contribution in [1.29, 1.82) is 0 Å². The van der Waals surface area contributed by atoms with Crippen molar-refractivity contribution in [3.8, 4) is 11.5 Å². The number of aromatic nitrogens is 3. The molecule has 0 atom stereocenters. The normalized spacial score (nSPS) is 11.1. The number of benzene rings is 2. The summed E-state index contributed by atoms with van der Waals surface area (Å²) in [4.78, 5) is 4.21. The van der Waals surface area contributed by atoms with Crippen LogP contribution in [0.25, 0.3) is 11.0 Å². The third-order valence-corrected chi connectivity index (χ3v) is 5.63. The average Bonchev–Trinajstić information content (AvgIpc) is 3.16. The summed E-state index contributed by atoms with van der Waals surface area (Å²) >= 11 is 18.9. The molecule has 0 unspecified atom stereocenters. The number of nitrogens with one attached hydrogen (secondary N) is 1. The summed E-state index contributed by atoms with van der Waals surface area (Å²) in [5, 5.41) is 10.5. The Bertz CT molecular complexity index is 1260. The van der Waals surface area contributed by atoms with E-state index in [0.29, 0.717) is 33.5 Å². The molecule has 11 heteroatoms. The molecule has 0 saturated carbocycles. The van der Waals surface area contributed by atoms with Crippen LogP contribution in [0.15, 0.2) is 42.6 Å². The van der Waals surface area contributed by atoms with E-state index in [9.17, 15) is 0 Å². The van der Waals surface area contributed by atoms with E-state index in [1.54, 1.807) is 30.5 Å². The van der Waals surface area contributed by atoms with Crippen LogP contribution < -0.4 is 27.1 Å². The van der Waals surface area contributed by atoms with Crippen LogP contribution in [0.5, 0.6) is 11.5 Å². The fraction of sp³-hybridized carbons (Fsp3) is 0.100. The van der Waals surface area contributed by atoms with E-state index in [1.807, 2.05) is 12.1 Å². The molecule has 7 N–H and O–H groups in total. The highest BCUT2D eigenvalue weighted by molar-refractivity contribution is 6.35. The van der Waals surface area contributed by atoms with Gasteiger partial charge < -0.3 is 21.2 Å². The summed E-state index contributed by atoms with van der Waals surface area (Å²) in [6.45, 7) is 0.491. The van der Waals surface area contributed by atoms with Crippen molar-refractivity contribution < 1.29 is 4.74 Å². The number of hydrazine groups is 1. The molecule has 0 saturated heterocycles. The van der Waals surface area contributed by atoms with E-state index in [4.69, 9.17) is 56.8 Å². The average molecular weight is 479 g/mol. The third-order valence-electron chi connectivity index (χ3n) is 4.68. The van der Waals surface area contributed by atoms with Gasteiger partial charge >= 0.3 is 0 Å². The van der Waals surface area contributed by atoms with Crippen LogP contribution in [0.1, 0.15) is 11.3 Å². The highest BCUT2D eigenvalue weighted by Crippen LogP contribution is 2.43. The Balaban J connectivity index is 1.67. The number of fused-ring (bicyclic) bond motifs is 1. The number of hydrogen-bond donors (Lipinski definition) is 4. The van der Waals surface area contributed by atoms with Crippen LogP contribution in [-0.2, 0) is 13.1 Å². The molecular weight excluding hydrogens is 461 g/mol. The minimum atomic E-state index is 0.197. The molecule has 8 nitrogen and oxygen atoms in total. The number of H-pyrrole nitrogens is 1. The molecule has 2 aromatic carbocycles. The lowest BCUT2D eigenvalue weighted by Crippen LogP contribution is -2.31. The Morgan fingerprint density at radius 2 is 1.94 bits per heavy atom. The van der Waals surface area contributed by atoms with Gasteiger partial charge in [-0.1, -0.05) is 34.8 Å². The fourth-order valence-corrected chi connectivity index (χ4v) is 3.81. The number of pyridine rings is 1. The maximum absolute atomic E-state index is 6.39. The van der Waals surface area contributed by atoms with Crippen molar-refractivity contribution in [3.05, 3.63) is 68.9 Å². The second-order valence-corrected chi connectivity index (χ2v) is 7.92. The Morgan fingerprint density at radius 1 is 1.13 bits per heavy atom. The molecule has 0 aliphatic carbocycles. The molecule has 0 fully saturated rings. The predicted octanol–water partition coefficient (Wildman–Crippen LogP) is 4.63. The summed E-state index contributed by atoms with van der Waals surface area (Å²) in [6.07, 6.45) is 1.67. The van der Waals surface area contributed by atoms with Crippen molar-refractivity contribution >= 4 is 57.2 Å². The third kappa shape index (κ3) is 4.21. The number of nitrogen functional groups attached to an aromatic ring is 1. The lowest BCUT2D eigenvalue weighted by Gasteiger charge is -2.22. The lowest BCUT2D eigenvalue weighted by molar-refractivity contribution is 0.485. The molecule has 2 heterocycles. The molecule has 0 bridgehead atoms. The van der Waals surface area contributed by atoms with Gasteiger partial charge in [0.25, 0.3) is 0 Å². The van der Waals surface area contributed by atoms with Gasteiger partial charge in [-0.05, 0) is 35.9 Å². The van der Waals surface area contributed by atoms with Gasteiger partial charge in [0.2, 0.25) is 0 Å². The second-order valence-electron chi connectivity index (χ2n) is 6.70. The minimum Gasteiger partial charge on any atom is -0.452 e. The van der Waals surface area contributed by atoms with E-state index in [1.165, 1.54) is 5.01 Å². The molecule has 4 aromatic rings. The van der Waals surface area contributed by atoms with E-state index in [2.05, 4.69) is 15.2 Å². The van der Waals surface area contributed by atoms with Crippen molar-refractivity contribution in [3.63, 3.8) is 0 Å². The number of halogens is 3. The number of anilines is 2. The van der Waals surface area contributed by atoms with Crippen LogP contribution in [0, 0.1) is 0 Å². The quantitative estimate of drug-likeness (QED) is 0.180. The Hall–Kier alpha value is -2.75. The molecular formula is C20H18Cl3N7O. The highest BCUT2D eigenvalue weighted by Gasteiger charge is 2.19. The van der Waals surface area contributed by atoms with Gasteiger partial charge in [0.1, 0.15) is 11.4 Å². The summed E-state index contributed by atoms with van der Waals surface area (Å²) in [7, 11) is 0. The Morgan fingerprint density at radius 3 is 2.71 bits per heavy atom. The van der Waals surface area contributed by atoms with E-state index in [-0.39, 0.29) is 28.8 Å². The molecule has 2 aromatic heterocycles. The summed E-state index contributed by atoms with van der Waals surface area (Å²) in [5.74, 6) is 6.81. The number of nitrogens with two attached hydrogens (primary N) is 3. The maximum atomic E-state index is 6.39. The standard InChI is InChI=1S/C20H18Cl3N7O/c21-11-6-10(8-24)17(23)16(7-11)31-19-13(22)3-4-15(18(19)25)30(26)9-14-12-2-1-5-27-20(12)29-28-14/h1-7H,8-9,24-26H2,(H,27,28,29). The first-order valence-electron chi connectivity index (χ1n) is 9.13. The molecule has 4 rings (SSSR count). The van der Waals surface area contributed by atoms with Crippen molar-refractivity contribution in [2.45, 2.75) is 13.1 Å². The van der Waals surface area contributed by atoms with Gasteiger partial charge in [0.05, 0.1) is 28.0 Å². The van der Waals surface area contributed by atoms with Crippen molar-refractivity contribution in [2.24, 2.45) is 11.6 Å². The van der Waals surface area contributed by atoms with Gasteiger partial charge in [-0.15, -0.1) is 0 Å². The zero-order valence-corrected chi connectivity index (χ0v) is 18.3. The van der Waals surface area contributed by atoms with Gasteiger partial charge in [-0.3, -0.25) is 5.10 Å². The van der Waals surface area contributed by atoms with E-state index in [0.717, 1.165) is 11.1 Å². The van der Waals surface area contributed by atoms with Gasteiger partial charge in [0, 0.05) is 29.2 Å². The first kappa shape index (κ1) is 21.5. The van der Waals surface area contributed by atoms with E-state index < -0.39 is 0 Å². The van der Waals surface area contributed by atoms with Crippen LogP contribution in [0.4, 0.5) is 11.4 Å². The zero-order chi connectivity index (χ0) is 22.1. The Labute approximate surface area is 192 Å². The number of nitrogens with zero attached hydrogens (tertiary/aromatic N) is 3. The second kappa shape index (κ2) is 8.78. The molecule has 160 valence electrons. The van der Waals surface area contributed by atoms with Crippen LogP contribution in [-0.4, -0.2) is 15.2 Å². The number of aromatic amines is 1. The SMILES string of the molecule is NCc1cc(Cl)cc(Oc2c(Cl)ccc(N(N)Cc3[nH]nc4ncccc34)c2N)c1Cl. The Kier molecular flexibility index (Phi) is 6.08. The predicted molar refractivity (Wildman–Crippen MR) is 125 cm³/mol.